The molecule has 0 saturated carbocycles. The molecular weight excluding hydrogens is 373 g/mol. The zero-order valence-electron chi connectivity index (χ0n) is 15.7. The van der Waals surface area contributed by atoms with E-state index in [4.69, 9.17) is 9.47 Å². The van der Waals surface area contributed by atoms with Crippen LogP contribution in [-0.4, -0.2) is 33.2 Å². The fourth-order valence-electron chi connectivity index (χ4n) is 3.39. The van der Waals surface area contributed by atoms with Crippen LogP contribution in [0.2, 0.25) is 0 Å². The van der Waals surface area contributed by atoms with Crippen LogP contribution in [-0.2, 0) is 23.9 Å². The molecule has 0 aromatic heterocycles. The fourth-order valence-corrected chi connectivity index (χ4v) is 3.39. The van der Waals surface area contributed by atoms with E-state index in [0.717, 1.165) is 41.1 Å². The number of amides is 1. The molecule has 1 aliphatic rings. The standard InChI is InChI=1S/C20H21F3N2O3/c1-27-17-8-13-6-7-25(11-14(13)9-18(17)28-2)12-19(26)24-16-5-3-4-15(10-16)20(21,22)23/h3-5,8-10H,6-7,11-12H2,1-2H3,(H,24,26)/p+1. The average molecular weight is 395 g/mol. The predicted octanol–water partition coefficient (Wildman–Crippen LogP) is 2.30. The van der Waals surface area contributed by atoms with Crippen LogP contribution in [0.1, 0.15) is 16.7 Å². The maximum atomic E-state index is 12.8. The Hall–Kier alpha value is -2.74. The van der Waals surface area contributed by atoms with Crippen molar-refractivity contribution in [2.45, 2.75) is 19.1 Å². The van der Waals surface area contributed by atoms with Crippen LogP contribution in [0.4, 0.5) is 18.9 Å². The summed E-state index contributed by atoms with van der Waals surface area (Å²) in [6.07, 6.45) is -3.66. The number of ether oxygens (including phenoxy) is 2. The van der Waals surface area contributed by atoms with Crippen molar-refractivity contribution in [3.05, 3.63) is 53.1 Å². The van der Waals surface area contributed by atoms with Crippen molar-refractivity contribution in [1.82, 2.24) is 0 Å². The first-order valence-corrected chi connectivity index (χ1v) is 8.84. The van der Waals surface area contributed by atoms with Crippen molar-refractivity contribution >= 4 is 11.6 Å². The largest absolute Gasteiger partial charge is 0.493 e. The minimum Gasteiger partial charge on any atom is -0.493 e. The van der Waals surface area contributed by atoms with E-state index in [2.05, 4.69) is 5.32 Å². The van der Waals surface area contributed by atoms with E-state index in [1.165, 1.54) is 12.1 Å². The molecule has 1 unspecified atom stereocenters. The predicted molar refractivity (Wildman–Crippen MR) is 97.7 cm³/mol. The van der Waals surface area contributed by atoms with Gasteiger partial charge in [0.25, 0.3) is 5.91 Å². The third-order valence-electron chi connectivity index (χ3n) is 4.78. The number of anilines is 1. The molecular formula is C20H22F3N2O3+. The maximum absolute atomic E-state index is 12.8. The molecule has 1 atom stereocenters. The minimum atomic E-state index is -4.44. The van der Waals surface area contributed by atoms with E-state index >= 15 is 0 Å². The smallest absolute Gasteiger partial charge is 0.416 e. The van der Waals surface area contributed by atoms with Crippen LogP contribution in [0.15, 0.2) is 36.4 Å². The number of hydrogen-bond acceptors (Lipinski definition) is 3. The fraction of sp³-hybridized carbons (Fsp3) is 0.350. The number of carbonyl (C=O) groups excluding carboxylic acids is 1. The van der Waals surface area contributed by atoms with Crippen molar-refractivity contribution in [3.8, 4) is 11.5 Å². The molecule has 150 valence electrons. The lowest BCUT2D eigenvalue weighted by molar-refractivity contribution is -0.907. The number of rotatable bonds is 5. The van der Waals surface area contributed by atoms with Gasteiger partial charge in [0.15, 0.2) is 18.0 Å². The van der Waals surface area contributed by atoms with Crippen molar-refractivity contribution < 1.29 is 32.3 Å². The van der Waals surface area contributed by atoms with Gasteiger partial charge in [-0.05, 0) is 35.9 Å². The quantitative estimate of drug-likeness (QED) is 0.817. The zero-order chi connectivity index (χ0) is 20.3. The Kier molecular flexibility index (Phi) is 5.79. The number of quaternary nitrogens is 1. The van der Waals surface area contributed by atoms with Gasteiger partial charge in [-0.15, -0.1) is 0 Å². The number of nitrogens with one attached hydrogen (secondary N) is 2. The van der Waals surface area contributed by atoms with Crippen molar-refractivity contribution in [3.63, 3.8) is 0 Å². The number of halogens is 3. The Morgan fingerprint density at radius 3 is 2.43 bits per heavy atom. The summed E-state index contributed by atoms with van der Waals surface area (Å²) >= 11 is 0. The Bertz CT molecular complexity index is 868. The first kappa shape index (κ1) is 20.0. The highest BCUT2D eigenvalue weighted by molar-refractivity contribution is 5.91. The highest BCUT2D eigenvalue weighted by atomic mass is 19.4. The number of methoxy groups -OCH3 is 2. The lowest BCUT2D eigenvalue weighted by Crippen LogP contribution is -3.12. The molecule has 0 radical (unpaired) electrons. The molecule has 2 N–H and O–H groups in total. The molecule has 0 fully saturated rings. The molecule has 0 spiro atoms. The van der Waals surface area contributed by atoms with Gasteiger partial charge >= 0.3 is 6.18 Å². The van der Waals surface area contributed by atoms with E-state index in [0.29, 0.717) is 18.0 Å². The number of benzene rings is 2. The van der Waals surface area contributed by atoms with Crippen molar-refractivity contribution in [2.24, 2.45) is 0 Å². The molecule has 0 bridgehead atoms. The van der Waals surface area contributed by atoms with Gasteiger partial charge in [-0.25, -0.2) is 0 Å². The second-order valence-electron chi connectivity index (χ2n) is 6.71. The molecule has 2 aromatic carbocycles. The summed E-state index contributed by atoms with van der Waals surface area (Å²) in [4.78, 5) is 13.4. The van der Waals surface area contributed by atoms with Gasteiger partial charge in [0.2, 0.25) is 0 Å². The van der Waals surface area contributed by atoms with E-state index in [9.17, 15) is 18.0 Å². The Balaban J connectivity index is 1.65. The van der Waals surface area contributed by atoms with Crippen LogP contribution >= 0.6 is 0 Å². The normalized spacial score (nSPS) is 16.2. The van der Waals surface area contributed by atoms with Gasteiger partial charge < -0.3 is 19.7 Å². The Labute approximate surface area is 161 Å². The number of carbonyl (C=O) groups is 1. The molecule has 0 saturated heterocycles. The Morgan fingerprint density at radius 2 is 1.79 bits per heavy atom. The summed E-state index contributed by atoms with van der Waals surface area (Å²) in [6, 6.07) is 8.51. The van der Waals surface area contributed by atoms with Crippen LogP contribution < -0.4 is 19.7 Å². The minimum absolute atomic E-state index is 0.142. The van der Waals surface area contributed by atoms with Crippen LogP contribution in [0.25, 0.3) is 0 Å². The second kappa shape index (κ2) is 8.10. The zero-order valence-corrected chi connectivity index (χ0v) is 15.7. The number of fused-ring (bicyclic) bond motifs is 1. The van der Waals surface area contributed by atoms with Gasteiger partial charge in [0.1, 0.15) is 6.54 Å². The second-order valence-corrected chi connectivity index (χ2v) is 6.71. The molecule has 8 heteroatoms. The average Bonchev–Trinajstić information content (AvgIpc) is 2.66. The number of alkyl halides is 3. The van der Waals surface area contributed by atoms with E-state index < -0.39 is 11.7 Å². The molecule has 1 aliphatic heterocycles. The first-order valence-electron chi connectivity index (χ1n) is 8.84. The monoisotopic (exact) mass is 395 g/mol. The first-order chi connectivity index (χ1) is 13.3. The number of hydrogen-bond donors (Lipinski definition) is 2. The summed E-state index contributed by atoms with van der Waals surface area (Å²) in [7, 11) is 3.16. The highest BCUT2D eigenvalue weighted by Crippen LogP contribution is 2.32. The molecule has 2 aromatic rings. The van der Waals surface area contributed by atoms with Crippen molar-refractivity contribution in [1.29, 1.82) is 0 Å². The third-order valence-corrected chi connectivity index (χ3v) is 4.78. The molecule has 1 amide bonds. The van der Waals surface area contributed by atoms with E-state index in [1.54, 1.807) is 14.2 Å². The molecule has 5 nitrogen and oxygen atoms in total. The molecule has 1 heterocycles. The summed E-state index contributed by atoms with van der Waals surface area (Å²) in [5.41, 5.74) is 1.58. The SMILES string of the molecule is COc1cc2c(cc1OC)C[NH+](CC(=O)Nc1cccc(C(F)(F)F)c1)CC2. The lowest BCUT2D eigenvalue weighted by atomic mass is 9.99. The summed E-state index contributed by atoms with van der Waals surface area (Å²) in [5.74, 6) is 0.987. The van der Waals surface area contributed by atoms with Gasteiger partial charge in [0.05, 0.1) is 26.3 Å². The van der Waals surface area contributed by atoms with Gasteiger partial charge in [0, 0.05) is 17.7 Å². The third kappa shape index (κ3) is 4.56. The van der Waals surface area contributed by atoms with Gasteiger partial charge in [-0.1, -0.05) is 6.07 Å². The van der Waals surface area contributed by atoms with Gasteiger partial charge in [-0.2, -0.15) is 13.2 Å². The van der Waals surface area contributed by atoms with Crippen LogP contribution in [0.5, 0.6) is 11.5 Å². The van der Waals surface area contributed by atoms with E-state index in [-0.39, 0.29) is 18.1 Å². The van der Waals surface area contributed by atoms with Crippen LogP contribution in [0.3, 0.4) is 0 Å². The summed E-state index contributed by atoms with van der Waals surface area (Å²) in [5, 5.41) is 2.56. The van der Waals surface area contributed by atoms with Crippen LogP contribution in [0, 0.1) is 0 Å². The topological polar surface area (TPSA) is 52.0 Å². The molecule has 0 aliphatic carbocycles. The van der Waals surface area contributed by atoms with Crippen molar-refractivity contribution in [2.75, 3.05) is 32.6 Å². The highest BCUT2D eigenvalue weighted by Gasteiger charge is 2.30. The molecule has 28 heavy (non-hydrogen) atoms. The van der Waals surface area contributed by atoms with Gasteiger partial charge in [-0.3, -0.25) is 4.79 Å². The summed E-state index contributed by atoms with van der Waals surface area (Å²) < 4.78 is 49.0. The van der Waals surface area contributed by atoms with E-state index in [1.807, 2.05) is 12.1 Å². The lowest BCUT2D eigenvalue weighted by Gasteiger charge is -2.26. The summed E-state index contributed by atoms with van der Waals surface area (Å²) in [6.45, 7) is 1.55. The Morgan fingerprint density at radius 1 is 1.11 bits per heavy atom. The molecule has 3 rings (SSSR count). The maximum Gasteiger partial charge on any atom is 0.416 e.